The molecule has 0 aliphatic carbocycles. The molecular weight excluding hydrogens is 242 g/mol. The molecule has 2 aromatic rings. The molecule has 0 amide bonds. The summed E-state index contributed by atoms with van der Waals surface area (Å²) in [6.07, 6.45) is 0.678. The first-order valence-corrected chi connectivity index (χ1v) is 6.38. The molecule has 2 rings (SSSR count). The van der Waals surface area contributed by atoms with Crippen LogP contribution in [0.5, 0.6) is 5.75 Å². The first-order valence-electron chi connectivity index (χ1n) is 6.38. The Bertz CT molecular complexity index is 551. The lowest BCUT2D eigenvalue weighted by atomic mass is 10.1. The van der Waals surface area contributed by atoms with E-state index < -0.39 is 0 Å². The first-order chi connectivity index (χ1) is 9.06. The van der Waals surface area contributed by atoms with Gasteiger partial charge in [-0.05, 0) is 32.4 Å². The number of aromatic hydroxyl groups is 1. The van der Waals surface area contributed by atoms with Crippen molar-refractivity contribution in [2.75, 3.05) is 6.54 Å². The largest absolute Gasteiger partial charge is 0.508 e. The van der Waals surface area contributed by atoms with Crippen molar-refractivity contribution in [2.24, 2.45) is 0 Å². The van der Waals surface area contributed by atoms with E-state index in [0.717, 1.165) is 17.7 Å². The zero-order chi connectivity index (χ0) is 13.8. The summed E-state index contributed by atoms with van der Waals surface area (Å²) in [6.45, 7) is 6.49. The van der Waals surface area contributed by atoms with Gasteiger partial charge in [-0.1, -0.05) is 17.3 Å². The molecule has 1 unspecified atom stereocenters. The molecule has 1 aromatic heterocycles. The van der Waals surface area contributed by atoms with Crippen molar-refractivity contribution in [1.82, 2.24) is 15.5 Å². The molecule has 5 nitrogen and oxygen atoms in total. The number of nitrogens with one attached hydrogen (secondary N) is 1. The van der Waals surface area contributed by atoms with Crippen molar-refractivity contribution in [3.05, 3.63) is 41.0 Å². The highest BCUT2D eigenvalue weighted by Gasteiger charge is 2.10. The fourth-order valence-electron chi connectivity index (χ4n) is 1.97. The van der Waals surface area contributed by atoms with Gasteiger partial charge in [0.05, 0.1) is 0 Å². The third-order valence-electron chi connectivity index (χ3n) is 3.01. The maximum absolute atomic E-state index is 9.90. The molecule has 102 valence electrons. The molecule has 5 heteroatoms. The quantitative estimate of drug-likeness (QED) is 0.864. The second-order valence-corrected chi connectivity index (χ2v) is 4.72. The predicted molar refractivity (Wildman–Crippen MR) is 72.0 cm³/mol. The topological polar surface area (TPSA) is 71.2 Å². The highest BCUT2D eigenvalue weighted by molar-refractivity contribution is 5.37. The van der Waals surface area contributed by atoms with E-state index in [2.05, 4.69) is 15.5 Å². The smallest absolute Gasteiger partial charge is 0.227 e. The van der Waals surface area contributed by atoms with Crippen LogP contribution in [-0.4, -0.2) is 21.8 Å². The van der Waals surface area contributed by atoms with Crippen molar-refractivity contribution in [2.45, 2.75) is 33.2 Å². The normalized spacial score (nSPS) is 12.6. The number of aryl methyl sites for hydroxylation is 2. The third kappa shape index (κ3) is 3.54. The van der Waals surface area contributed by atoms with E-state index >= 15 is 0 Å². The maximum Gasteiger partial charge on any atom is 0.227 e. The van der Waals surface area contributed by atoms with Crippen molar-refractivity contribution in [1.29, 1.82) is 0 Å². The minimum atomic E-state index is 0.0737. The molecule has 0 bridgehead atoms. The summed E-state index contributed by atoms with van der Waals surface area (Å²) in [4.78, 5) is 4.14. The first kappa shape index (κ1) is 13.5. The van der Waals surface area contributed by atoms with Crippen LogP contribution in [0.1, 0.15) is 35.8 Å². The van der Waals surface area contributed by atoms with Gasteiger partial charge < -0.3 is 14.9 Å². The molecule has 19 heavy (non-hydrogen) atoms. The van der Waals surface area contributed by atoms with Gasteiger partial charge in [0, 0.05) is 24.6 Å². The molecule has 2 N–H and O–H groups in total. The average Bonchev–Trinajstić information content (AvgIpc) is 2.75. The Morgan fingerprint density at radius 3 is 2.79 bits per heavy atom. The van der Waals surface area contributed by atoms with Crippen molar-refractivity contribution in [3.63, 3.8) is 0 Å². The van der Waals surface area contributed by atoms with Crippen LogP contribution in [-0.2, 0) is 6.42 Å². The molecule has 0 saturated carbocycles. The molecule has 0 spiro atoms. The van der Waals surface area contributed by atoms with Gasteiger partial charge in [0.15, 0.2) is 5.82 Å². The zero-order valence-electron chi connectivity index (χ0n) is 11.5. The molecular formula is C14H19N3O2. The molecule has 0 fully saturated rings. The van der Waals surface area contributed by atoms with E-state index in [1.165, 1.54) is 0 Å². The Labute approximate surface area is 112 Å². The summed E-state index contributed by atoms with van der Waals surface area (Å²) >= 11 is 0. The van der Waals surface area contributed by atoms with Crippen LogP contribution in [0.15, 0.2) is 22.7 Å². The van der Waals surface area contributed by atoms with Crippen molar-refractivity contribution < 1.29 is 9.63 Å². The number of phenolic OH excluding ortho intramolecular Hbond substituents is 1. The Morgan fingerprint density at radius 1 is 1.37 bits per heavy atom. The number of nitrogens with zero attached hydrogens (tertiary/aromatic N) is 2. The molecule has 0 radical (unpaired) electrons. The Kier molecular flexibility index (Phi) is 4.16. The minimum Gasteiger partial charge on any atom is -0.508 e. The van der Waals surface area contributed by atoms with E-state index in [9.17, 15) is 5.11 Å². The van der Waals surface area contributed by atoms with Crippen LogP contribution in [0.3, 0.4) is 0 Å². The highest BCUT2D eigenvalue weighted by Crippen LogP contribution is 2.24. The van der Waals surface area contributed by atoms with E-state index in [4.69, 9.17) is 4.52 Å². The minimum absolute atomic E-state index is 0.0737. The van der Waals surface area contributed by atoms with Gasteiger partial charge in [0.25, 0.3) is 0 Å². The zero-order valence-corrected chi connectivity index (χ0v) is 11.5. The van der Waals surface area contributed by atoms with Crippen LogP contribution in [0, 0.1) is 13.8 Å². The lowest BCUT2D eigenvalue weighted by Crippen LogP contribution is -2.21. The third-order valence-corrected chi connectivity index (χ3v) is 3.01. The fourth-order valence-corrected chi connectivity index (χ4v) is 1.97. The summed E-state index contributed by atoms with van der Waals surface area (Å²) in [6, 6.07) is 5.78. The Balaban J connectivity index is 1.88. The highest BCUT2D eigenvalue weighted by atomic mass is 16.5. The van der Waals surface area contributed by atoms with Gasteiger partial charge in [-0.2, -0.15) is 4.98 Å². The summed E-state index contributed by atoms with van der Waals surface area (Å²) in [7, 11) is 0. The molecule has 1 aromatic carbocycles. The SMILES string of the molecule is Cc1ccc(C(C)NCCc2nc(C)no2)c(O)c1. The molecule has 0 aliphatic rings. The lowest BCUT2D eigenvalue weighted by molar-refractivity contribution is 0.369. The standard InChI is InChI=1S/C14H19N3O2/c1-9-4-5-12(13(18)8-9)10(2)15-7-6-14-16-11(3)17-19-14/h4-5,8,10,15,18H,6-7H2,1-3H3. The second kappa shape index (κ2) is 5.84. The fraction of sp³-hybridized carbons (Fsp3) is 0.429. The van der Waals surface area contributed by atoms with Crippen LogP contribution >= 0.6 is 0 Å². The number of rotatable bonds is 5. The molecule has 1 atom stereocenters. The Morgan fingerprint density at radius 2 is 2.16 bits per heavy atom. The van der Waals surface area contributed by atoms with Crippen LogP contribution in [0.25, 0.3) is 0 Å². The predicted octanol–water partition coefficient (Wildman–Crippen LogP) is 2.29. The molecule has 1 heterocycles. The van der Waals surface area contributed by atoms with Crippen molar-refractivity contribution in [3.8, 4) is 5.75 Å². The van der Waals surface area contributed by atoms with Gasteiger partial charge >= 0.3 is 0 Å². The summed E-state index contributed by atoms with van der Waals surface area (Å²) in [5.74, 6) is 1.61. The number of hydrogen-bond acceptors (Lipinski definition) is 5. The number of benzene rings is 1. The Hall–Kier alpha value is -1.88. The van der Waals surface area contributed by atoms with E-state index in [0.29, 0.717) is 23.9 Å². The van der Waals surface area contributed by atoms with Gasteiger partial charge in [0.2, 0.25) is 5.89 Å². The summed E-state index contributed by atoms with van der Waals surface area (Å²) in [5.41, 5.74) is 1.95. The summed E-state index contributed by atoms with van der Waals surface area (Å²) < 4.78 is 5.04. The van der Waals surface area contributed by atoms with E-state index in [1.807, 2.05) is 26.0 Å². The maximum atomic E-state index is 9.90. The number of phenols is 1. The lowest BCUT2D eigenvalue weighted by Gasteiger charge is -2.15. The monoisotopic (exact) mass is 261 g/mol. The second-order valence-electron chi connectivity index (χ2n) is 4.72. The van der Waals surface area contributed by atoms with Gasteiger partial charge in [0.1, 0.15) is 5.75 Å². The van der Waals surface area contributed by atoms with Gasteiger partial charge in [-0.25, -0.2) is 0 Å². The summed E-state index contributed by atoms with van der Waals surface area (Å²) in [5, 5.41) is 17.0. The van der Waals surface area contributed by atoms with Crippen LogP contribution in [0.4, 0.5) is 0 Å². The van der Waals surface area contributed by atoms with E-state index in [1.54, 1.807) is 13.0 Å². The van der Waals surface area contributed by atoms with E-state index in [-0.39, 0.29) is 6.04 Å². The van der Waals surface area contributed by atoms with Gasteiger partial charge in [-0.15, -0.1) is 0 Å². The average molecular weight is 261 g/mol. The van der Waals surface area contributed by atoms with Gasteiger partial charge in [-0.3, -0.25) is 0 Å². The number of aromatic nitrogens is 2. The molecule has 0 saturated heterocycles. The number of hydrogen-bond donors (Lipinski definition) is 2. The molecule has 0 aliphatic heterocycles. The van der Waals surface area contributed by atoms with Crippen molar-refractivity contribution >= 4 is 0 Å². The van der Waals surface area contributed by atoms with Crippen LogP contribution in [0.2, 0.25) is 0 Å². The van der Waals surface area contributed by atoms with Crippen LogP contribution < -0.4 is 5.32 Å².